The second-order valence-electron chi connectivity index (χ2n) is 8.62. The molecule has 0 fully saturated rings. The van der Waals surface area contributed by atoms with Crippen LogP contribution in [0.5, 0.6) is 0 Å². The summed E-state index contributed by atoms with van der Waals surface area (Å²) in [6.45, 7) is 6.14. The molecule has 3 rings (SSSR count). The van der Waals surface area contributed by atoms with Crippen LogP contribution in [0.4, 0.5) is 18.9 Å². The minimum Gasteiger partial charge on any atom is -0.377 e. The zero-order valence-corrected chi connectivity index (χ0v) is 17.0. The molecule has 1 N–H and O–H groups in total. The van der Waals surface area contributed by atoms with Gasteiger partial charge in [0, 0.05) is 31.6 Å². The summed E-state index contributed by atoms with van der Waals surface area (Å²) in [5, 5.41) is 7.53. The Morgan fingerprint density at radius 2 is 1.79 bits per heavy atom. The van der Waals surface area contributed by atoms with Gasteiger partial charge in [0.05, 0.1) is 5.56 Å². The van der Waals surface area contributed by atoms with Crippen LogP contribution in [0.25, 0.3) is 11.1 Å². The number of rotatable bonds is 3. The molecule has 5 heteroatoms. The number of benzene rings is 2. The molecule has 1 unspecified atom stereocenters. The number of anilines is 1. The number of hydrogen-bond donors (Lipinski definition) is 1. The number of alkyl halides is 3. The van der Waals surface area contributed by atoms with Gasteiger partial charge in [-0.3, -0.25) is 0 Å². The first-order valence-electron chi connectivity index (χ1n) is 9.53. The maximum Gasteiger partial charge on any atom is 0.417 e. The highest BCUT2D eigenvalue weighted by Gasteiger charge is 2.39. The lowest BCUT2D eigenvalue weighted by Crippen LogP contribution is -2.27. The molecule has 2 nitrogen and oxygen atoms in total. The van der Waals surface area contributed by atoms with Gasteiger partial charge in [-0.1, -0.05) is 26.8 Å². The Hall–Kier alpha value is -2.30. The van der Waals surface area contributed by atoms with Gasteiger partial charge in [-0.15, -0.1) is 0 Å². The van der Waals surface area contributed by atoms with Crippen LogP contribution in [0.2, 0.25) is 0 Å². The molecule has 150 valence electrons. The van der Waals surface area contributed by atoms with Crippen molar-refractivity contribution in [3.8, 4) is 11.1 Å². The van der Waals surface area contributed by atoms with Gasteiger partial charge in [-0.2, -0.15) is 13.2 Å². The average molecular weight is 388 g/mol. The second-order valence-corrected chi connectivity index (χ2v) is 8.62. The summed E-state index contributed by atoms with van der Waals surface area (Å²) in [5.41, 5.74) is 2.93. The van der Waals surface area contributed by atoms with Gasteiger partial charge in [-0.25, -0.2) is 0 Å². The van der Waals surface area contributed by atoms with Crippen LogP contribution in [0.1, 0.15) is 61.8 Å². The highest BCUT2D eigenvalue weighted by atomic mass is 19.4. The topological polar surface area (TPSA) is 27.1 Å². The lowest BCUT2D eigenvalue weighted by Gasteiger charge is -2.37. The van der Waals surface area contributed by atoms with Gasteiger partial charge in [0.2, 0.25) is 0 Å². The van der Waals surface area contributed by atoms with E-state index < -0.39 is 11.7 Å². The third-order valence-electron chi connectivity index (χ3n) is 5.92. The molecule has 0 aliphatic heterocycles. The molecule has 28 heavy (non-hydrogen) atoms. The average Bonchev–Trinajstić information content (AvgIpc) is 2.62. The van der Waals surface area contributed by atoms with E-state index >= 15 is 0 Å². The van der Waals surface area contributed by atoms with Crippen molar-refractivity contribution in [2.24, 2.45) is 0 Å². The maximum absolute atomic E-state index is 14.1. The summed E-state index contributed by atoms with van der Waals surface area (Å²) < 4.78 is 42.3. The molecule has 1 aliphatic rings. The smallest absolute Gasteiger partial charge is 0.377 e. The highest BCUT2D eigenvalue weighted by molar-refractivity contribution is 5.88. The van der Waals surface area contributed by atoms with Gasteiger partial charge in [0.15, 0.2) is 0 Å². The summed E-state index contributed by atoms with van der Waals surface area (Å²) >= 11 is 0. The number of nitrogens with zero attached hydrogens (tertiary/aromatic N) is 1. The number of nitrogens with one attached hydrogen (secondary N) is 1. The van der Waals surface area contributed by atoms with Gasteiger partial charge in [0.1, 0.15) is 0 Å². The monoisotopic (exact) mass is 388 g/mol. The second kappa shape index (κ2) is 6.94. The summed E-state index contributed by atoms with van der Waals surface area (Å²) in [5.74, 6) is 0.220. The molecule has 0 amide bonds. The maximum atomic E-state index is 14.1. The van der Waals surface area contributed by atoms with Gasteiger partial charge in [-0.05, 0) is 70.7 Å². The van der Waals surface area contributed by atoms with Crippen LogP contribution in [0, 0.1) is 5.41 Å². The van der Waals surface area contributed by atoms with Crippen LogP contribution in [-0.2, 0) is 11.6 Å². The molecule has 1 aliphatic carbocycles. The van der Waals surface area contributed by atoms with E-state index in [4.69, 9.17) is 5.41 Å². The Morgan fingerprint density at radius 1 is 1.11 bits per heavy atom. The molecule has 0 saturated heterocycles. The third kappa shape index (κ3) is 3.54. The van der Waals surface area contributed by atoms with Crippen molar-refractivity contribution >= 4 is 11.9 Å². The Balaban J connectivity index is 2.39. The normalized spacial score (nSPS) is 18.5. The highest BCUT2D eigenvalue weighted by Crippen LogP contribution is 2.49. The Bertz CT molecular complexity index is 911. The van der Waals surface area contributed by atoms with E-state index in [1.165, 1.54) is 12.3 Å². The van der Waals surface area contributed by atoms with E-state index in [-0.39, 0.29) is 16.9 Å². The summed E-state index contributed by atoms with van der Waals surface area (Å²) in [6, 6.07) is 8.33. The number of fused-ring (bicyclic) bond motifs is 1. The van der Waals surface area contributed by atoms with Crippen molar-refractivity contribution in [1.82, 2.24) is 0 Å². The van der Waals surface area contributed by atoms with Gasteiger partial charge >= 0.3 is 6.18 Å². The van der Waals surface area contributed by atoms with E-state index in [0.717, 1.165) is 24.0 Å². The predicted molar refractivity (Wildman–Crippen MR) is 110 cm³/mol. The molecule has 2 aromatic rings. The van der Waals surface area contributed by atoms with E-state index in [9.17, 15) is 13.2 Å². The fourth-order valence-corrected chi connectivity index (χ4v) is 4.18. The van der Waals surface area contributed by atoms with Crippen LogP contribution in [0.15, 0.2) is 30.3 Å². The Labute approximate surface area is 164 Å². The first-order valence-corrected chi connectivity index (χ1v) is 9.53. The van der Waals surface area contributed by atoms with E-state index in [1.807, 2.05) is 32.8 Å². The third-order valence-corrected chi connectivity index (χ3v) is 5.92. The van der Waals surface area contributed by atoms with Crippen LogP contribution in [0.3, 0.4) is 0 Å². The Morgan fingerprint density at radius 3 is 2.36 bits per heavy atom. The zero-order chi connectivity index (χ0) is 20.9. The lowest BCUT2D eigenvalue weighted by atomic mass is 9.68. The molecule has 2 aromatic carbocycles. The van der Waals surface area contributed by atoms with Crippen molar-refractivity contribution in [3.63, 3.8) is 0 Å². The summed E-state index contributed by atoms with van der Waals surface area (Å²) in [7, 11) is 3.64. The SMILES string of the molecule is CC1CCC(C)(C)c2cc(C(F)(F)F)c(-c3cc(C=N)ccc3N(C)C)cc21. The van der Waals surface area contributed by atoms with E-state index in [1.54, 1.807) is 24.3 Å². The van der Waals surface area contributed by atoms with Crippen molar-refractivity contribution in [2.45, 2.75) is 51.1 Å². The van der Waals surface area contributed by atoms with Crippen LogP contribution in [-0.4, -0.2) is 20.3 Å². The van der Waals surface area contributed by atoms with Crippen LogP contribution < -0.4 is 4.90 Å². The van der Waals surface area contributed by atoms with Gasteiger partial charge in [0.25, 0.3) is 0 Å². The minimum atomic E-state index is -4.45. The quantitative estimate of drug-likeness (QED) is 0.589. The molecular weight excluding hydrogens is 361 g/mol. The predicted octanol–water partition coefficient (Wildman–Crippen LogP) is 6.61. The fraction of sp³-hybridized carbons (Fsp3) is 0.435. The van der Waals surface area contributed by atoms with Crippen molar-refractivity contribution in [2.75, 3.05) is 19.0 Å². The molecule has 0 radical (unpaired) electrons. The summed E-state index contributed by atoms with van der Waals surface area (Å²) in [4.78, 5) is 1.82. The molecule has 0 spiro atoms. The van der Waals surface area contributed by atoms with E-state index in [0.29, 0.717) is 16.8 Å². The molecular formula is C23H27F3N2. The van der Waals surface area contributed by atoms with Crippen LogP contribution >= 0.6 is 0 Å². The zero-order valence-electron chi connectivity index (χ0n) is 17.0. The standard InChI is InChI=1S/C23H27F3N2/c1-14-8-9-22(2,3)19-12-20(23(24,25)26)17(11-16(14)19)18-10-15(13-27)6-7-21(18)28(4)5/h6-7,10-14,27H,8-9H2,1-5H3. The van der Waals surface area contributed by atoms with Crippen molar-refractivity contribution in [1.29, 1.82) is 5.41 Å². The largest absolute Gasteiger partial charge is 0.417 e. The number of hydrogen-bond acceptors (Lipinski definition) is 2. The minimum absolute atomic E-state index is 0.197. The lowest BCUT2D eigenvalue weighted by molar-refractivity contribution is -0.137. The molecule has 0 saturated carbocycles. The van der Waals surface area contributed by atoms with Crippen molar-refractivity contribution in [3.05, 3.63) is 52.6 Å². The van der Waals surface area contributed by atoms with E-state index in [2.05, 4.69) is 6.92 Å². The molecule has 0 aromatic heterocycles. The molecule has 1 atom stereocenters. The first-order chi connectivity index (χ1) is 13.0. The molecule has 0 bridgehead atoms. The Kier molecular flexibility index (Phi) is 5.07. The van der Waals surface area contributed by atoms with Crippen molar-refractivity contribution < 1.29 is 13.2 Å². The molecule has 0 heterocycles. The summed E-state index contributed by atoms with van der Waals surface area (Å²) in [6.07, 6.45) is -1.44. The van der Waals surface area contributed by atoms with Gasteiger partial charge < -0.3 is 10.3 Å². The number of halogens is 3. The fourth-order valence-electron chi connectivity index (χ4n) is 4.18. The first kappa shape index (κ1) is 20.4.